The van der Waals surface area contributed by atoms with Crippen molar-refractivity contribution in [3.63, 3.8) is 0 Å². The first-order chi connectivity index (χ1) is 4.27. The largest absolute Gasteiger partial charge is 0.490 e. The predicted molar refractivity (Wildman–Crippen MR) is 34.1 cm³/mol. The third-order valence-electron chi connectivity index (χ3n) is 0.617. The van der Waals surface area contributed by atoms with Gasteiger partial charge < -0.3 is 14.9 Å². The molecule has 0 bridgehead atoms. The summed E-state index contributed by atoms with van der Waals surface area (Å²) < 4.78 is 4.59. The molecule has 0 saturated heterocycles. The number of hydrogen-bond acceptors (Lipinski definition) is 3. The van der Waals surface area contributed by atoms with Crippen LogP contribution in [0, 0.1) is 0 Å². The summed E-state index contributed by atoms with van der Waals surface area (Å²) in [5, 5.41) is 16.2. The lowest BCUT2D eigenvalue weighted by Crippen LogP contribution is -1.83. The first-order valence-electron chi connectivity index (χ1n) is 2.58. The van der Waals surface area contributed by atoms with E-state index in [1.807, 2.05) is 13.0 Å². The van der Waals surface area contributed by atoms with Gasteiger partial charge in [-0.1, -0.05) is 12.2 Å². The van der Waals surface area contributed by atoms with E-state index in [1.54, 1.807) is 6.08 Å². The number of aliphatic hydroxyl groups excluding tert-OH is 1. The van der Waals surface area contributed by atoms with E-state index in [0.29, 0.717) is 6.61 Å². The minimum absolute atomic E-state index is 0.362. The molecule has 0 aliphatic carbocycles. The zero-order valence-electron chi connectivity index (χ0n) is 5.24. The summed E-state index contributed by atoms with van der Waals surface area (Å²) in [5.41, 5.74) is 0. The third-order valence-corrected chi connectivity index (χ3v) is 0.617. The molecule has 0 radical (unpaired) electrons. The Labute approximate surface area is 53.9 Å². The van der Waals surface area contributed by atoms with Gasteiger partial charge in [-0.15, -0.1) is 0 Å². The van der Waals surface area contributed by atoms with Gasteiger partial charge in [0.15, 0.2) is 6.26 Å². The Balaban J connectivity index is 3.20. The SMILES string of the molecule is C/C=C\COC=C(O)O. The molecule has 0 unspecified atom stereocenters. The number of hydrogen-bond donors (Lipinski definition) is 2. The molecule has 0 spiro atoms. The normalized spacial score (nSPS) is 9.44. The summed E-state index contributed by atoms with van der Waals surface area (Å²) in [5.74, 6) is -0.806. The smallest absolute Gasteiger partial charge is 0.310 e. The fourth-order valence-electron chi connectivity index (χ4n) is 0.274. The second-order valence-corrected chi connectivity index (χ2v) is 1.38. The highest BCUT2D eigenvalue weighted by Gasteiger charge is 1.79. The van der Waals surface area contributed by atoms with E-state index >= 15 is 0 Å². The Kier molecular flexibility index (Phi) is 4.40. The predicted octanol–water partition coefficient (Wildman–Crippen LogP) is 1.49. The summed E-state index contributed by atoms with van der Waals surface area (Å²) in [4.78, 5) is 0. The van der Waals surface area contributed by atoms with Crippen LogP contribution in [0.2, 0.25) is 0 Å². The molecule has 0 aromatic rings. The topological polar surface area (TPSA) is 49.7 Å². The summed E-state index contributed by atoms with van der Waals surface area (Å²) in [6, 6.07) is 0. The molecule has 0 saturated carbocycles. The Morgan fingerprint density at radius 3 is 2.67 bits per heavy atom. The van der Waals surface area contributed by atoms with Crippen molar-refractivity contribution in [2.24, 2.45) is 0 Å². The van der Waals surface area contributed by atoms with E-state index in [9.17, 15) is 0 Å². The molecular formula is C6H10O3. The Bertz CT molecular complexity index is 111. The van der Waals surface area contributed by atoms with E-state index < -0.39 is 5.95 Å². The molecule has 0 heterocycles. The van der Waals surface area contributed by atoms with Crippen molar-refractivity contribution in [3.8, 4) is 0 Å². The lowest BCUT2D eigenvalue weighted by Gasteiger charge is -1.91. The zero-order valence-corrected chi connectivity index (χ0v) is 5.24. The van der Waals surface area contributed by atoms with Crippen molar-refractivity contribution < 1.29 is 14.9 Å². The van der Waals surface area contributed by atoms with Crippen LogP contribution >= 0.6 is 0 Å². The van der Waals surface area contributed by atoms with Gasteiger partial charge in [0.2, 0.25) is 0 Å². The maximum atomic E-state index is 8.12. The first-order valence-corrected chi connectivity index (χ1v) is 2.58. The summed E-state index contributed by atoms with van der Waals surface area (Å²) in [6.07, 6.45) is 4.43. The van der Waals surface area contributed by atoms with Crippen LogP contribution in [0.5, 0.6) is 0 Å². The van der Waals surface area contributed by atoms with Crippen LogP contribution < -0.4 is 0 Å². The van der Waals surface area contributed by atoms with Gasteiger partial charge in [-0.2, -0.15) is 0 Å². The fourth-order valence-corrected chi connectivity index (χ4v) is 0.274. The van der Waals surface area contributed by atoms with Gasteiger partial charge in [-0.25, -0.2) is 0 Å². The molecule has 0 atom stereocenters. The molecule has 0 fully saturated rings. The first kappa shape index (κ1) is 7.88. The van der Waals surface area contributed by atoms with Crippen LogP contribution in [0.25, 0.3) is 0 Å². The molecular weight excluding hydrogens is 120 g/mol. The Hall–Kier alpha value is -1.12. The van der Waals surface area contributed by atoms with Gasteiger partial charge in [0.05, 0.1) is 0 Å². The molecule has 0 aromatic heterocycles. The highest BCUT2D eigenvalue weighted by Crippen LogP contribution is 1.82. The molecule has 9 heavy (non-hydrogen) atoms. The third kappa shape index (κ3) is 6.88. The van der Waals surface area contributed by atoms with E-state index in [1.165, 1.54) is 0 Å². The van der Waals surface area contributed by atoms with Crippen molar-refractivity contribution in [1.29, 1.82) is 0 Å². The second-order valence-electron chi connectivity index (χ2n) is 1.38. The molecule has 3 heteroatoms. The van der Waals surface area contributed by atoms with Gasteiger partial charge in [0.25, 0.3) is 0 Å². The molecule has 0 aliphatic heterocycles. The van der Waals surface area contributed by atoms with Crippen LogP contribution in [0.4, 0.5) is 0 Å². The molecule has 3 nitrogen and oxygen atoms in total. The van der Waals surface area contributed by atoms with Crippen LogP contribution in [0.1, 0.15) is 6.92 Å². The van der Waals surface area contributed by atoms with Crippen LogP contribution in [-0.2, 0) is 4.74 Å². The minimum Gasteiger partial charge on any atom is -0.490 e. The van der Waals surface area contributed by atoms with Crippen molar-refractivity contribution in [2.45, 2.75) is 6.92 Å². The van der Waals surface area contributed by atoms with Crippen molar-refractivity contribution in [3.05, 3.63) is 24.4 Å². The highest BCUT2D eigenvalue weighted by atomic mass is 16.5. The van der Waals surface area contributed by atoms with Gasteiger partial charge in [-0.3, -0.25) is 0 Å². The Morgan fingerprint density at radius 1 is 1.56 bits per heavy atom. The monoisotopic (exact) mass is 130 g/mol. The maximum Gasteiger partial charge on any atom is 0.310 e. The second kappa shape index (κ2) is 5.03. The summed E-state index contributed by atoms with van der Waals surface area (Å²) >= 11 is 0. The highest BCUT2D eigenvalue weighted by molar-refractivity contribution is 4.78. The molecule has 0 aliphatic rings. The molecule has 0 aromatic carbocycles. The average molecular weight is 130 g/mol. The van der Waals surface area contributed by atoms with Crippen LogP contribution in [0.3, 0.4) is 0 Å². The van der Waals surface area contributed by atoms with E-state index in [-0.39, 0.29) is 0 Å². The summed E-state index contributed by atoms with van der Waals surface area (Å²) in [7, 11) is 0. The quantitative estimate of drug-likeness (QED) is 0.345. The number of ether oxygens (including phenoxy) is 1. The minimum atomic E-state index is -0.806. The molecule has 0 rings (SSSR count). The number of aliphatic hydroxyl groups is 2. The van der Waals surface area contributed by atoms with Gasteiger partial charge in [0, 0.05) is 0 Å². The summed E-state index contributed by atoms with van der Waals surface area (Å²) in [6.45, 7) is 2.22. The van der Waals surface area contributed by atoms with E-state index in [2.05, 4.69) is 4.74 Å². The van der Waals surface area contributed by atoms with Gasteiger partial charge in [0.1, 0.15) is 6.61 Å². The van der Waals surface area contributed by atoms with Crippen molar-refractivity contribution in [2.75, 3.05) is 6.61 Å². The standard InChI is InChI=1S/C6H10O3/c1-2-3-4-9-5-6(7)8/h2-3,5,7-8H,4H2,1H3/b3-2-. The van der Waals surface area contributed by atoms with E-state index in [4.69, 9.17) is 10.2 Å². The number of rotatable bonds is 3. The van der Waals surface area contributed by atoms with Gasteiger partial charge >= 0.3 is 5.95 Å². The lowest BCUT2D eigenvalue weighted by atomic mass is 10.6. The number of allylic oxidation sites excluding steroid dienone is 1. The van der Waals surface area contributed by atoms with Gasteiger partial charge in [-0.05, 0) is 6.92 Å². The lowest BCUT2D eigenvalue weighted by molar-refractivity contribution is 0.154. The Morgan fingerprint density at radius 2 is 2.22 bits per heavy atom. The van der Waals surface area contributed by atoms with Crippen molar-refractivity contribution >= 4 is 0 Å². The van der Waals surface area contributed by atoms with Crippen LogP contribution in [0.15, 0.2) is 24.4 Å². The average Bonchev–Trinajstić information content (AvgIpc) is 1.80. The zero-order chi connectivity index (χ0) is 7.11. The fraction of sp³-hybridized carbons (Fsp3) is 0.333. The maximum absolute atomic E-state index is 8.12. The van der Waals surface area contributed by atoms with E-state index in [0.717, 1.165) is 6.26 Å². The molecule has 0 amide bonds. The molecule has 2 N–H and O–H groups in total. The molecule has 52 valence electrons. The van der Waals surface area contributed by atoms with Crippen LogP contribution in [-0.4, -0.2) is 16.8 Å². The van der Waals surface area contributed by atoms with Crippen molar-refractivity contribution in [1.82, 2.24) is 0 Å².